The molecule has 0 rings (SSSR count). The first-order chi connectivity index (χ1) is 22.3. The van der Waals surface area contributed by atoms with Crippen LogP contribution in [0, 0.1) is 11.8 Å². The highest BCUT2D eigenvalue weighted by Crippen LogP contribution is 2.16. The minimum atomic E-state index is -0.758. The quantitative estimate of drug-likeness (QED) is 0.0391. The van der Waals surface area contributed by atoms with Crippen molar-refractivity contribution in [1.29, 1.82) is 0 Å². The van der Waals surface area contributed by atoms with Gasteiger partial charge in [-0.25, -0.2) is 0 Å². The Hall–Kier alpha value is -1.59. The third kappa shape index (κ3) is 32.4. The number of rotatable bonds is 34. The lowest BCUT2D eigenvalue weighted by atomic mass is 10.00. The second kappa shape index (κ2) is 33.3. The van der Waals surface area contributed by atoms with Gasteiger partial charge < -0.3 is 14.2 Å². The molecule has 0 amide bonds. The Morgan fingerprint density at radius 1 is 0.457 bits per heavy atom. The summed E-state index contributed by atoms with van der Waals surface area (Å²) in [5.41, 5.74) is 0. The number of ether oxygens (including phenoxy) is 3. The number of unbranched alkanes of at least 4 members (excludes halogenated alkanes) is 18. The molecule has 0 aromatic heterocycles. The van der Waals surface area contributed by atoms with Gasteiger partial charge in [-0.2, -0.15) is 0 Å². The maximum Gasteiger partial charge on any atom is 0.306 e. The number of hydrogen-bond acceptors (Lipinski definition) is 6. The molecule has 0 aliphatic rings. The number of carbonyl (C=O) groups is 3. The molecule has 0 aliphatic carbocycles. The van der Waals surface area contributed by atoms with E-state index in [-0.39, 0.29) is 31.1 Å². The molecule has 0 saturated heterocycles. The number of esters is 3. The van der Waals surface area contributed by atoms with Crippen molar-refractivity contribution < 1.29 is 28.6 Å². The summed E-state index contributed by atoms with van der Waals surface area (Å²) in [6, 6.07) is 0. The fourth-order valence-corrected chi connectivity index (χ4v) is 5.66. The molecule has 2 atom stereocenters. The molecule has 1 unspecified atom stereocenters. The van der Waals surface area contributed by atoms with Gasteiger partial charge in [0.2, 0.25) is 0 Å². The number of hydrogen-bond donors (Lipinski definition) is 0. The lowest BCUT2D eigenvalue weighted by molar-refractivity contribution is -0.167. The molecule has 0 aliphatic heterocycles. The Morgan fingerprint density at radius 3 is 1.24 bits per heavy atom. The van der Waals surface area contributed by atoms with Crippen LogP contribution >= 0.6 is 0 Å². The average Bonchev–Trinajstić information content (AvgIpc) is 3.03. The Balaban J connectivity index is 4.33. The zero-order chi connectivity index (χ0) is 34.1. The number of carbonyl (C=O) groups excluding carboxylic acids is 3. The first-order valence-electron chi connectivity index (χ1n) is 19.8. The van der Waals surface area contributed by atoms with E-state index >= 15 is 0 Å². The summed E-state index contributed by atoms with van der Waals surface area (Å²) in [5.74, 6) is 0.734. The van der Waals surface area contributed by atoms with E-state index in [1.807, 2.05) is 0 Å². The van der Waals surface area contributed by atoms with E-state index in [0.717, 1.165) is 69.6 Å². The average molecular weight is 653 g/mol. The van der Waals surface area contributed by atoms with Crippen molar-refractivity contribution in [2.75, 3.05) is 13.2 Å². The topological polar surface area (TPSA) is 78.9 Å². The minimum absolute atomic E-state index is 0.0676. The van der Waals surface area contributed by atoms with Crippen molar-refractivity contribution >= 4 is 17.9 Å². The normalized spacial score (nSPS) is 12.7. The highest BCUT2D eigenvalue weighted by atomic mass is 16.6. The highest BCUT2D eigenvalue weighted by Gasteiger charge is 2.19. The Labute approximate surface area is 285 Å². The smallest absolute Gasteiger partial charge is 0.306 e. The second-order valence-electron chi connectivity index (χ2n) is 14.3. The van der Waals surface area contributed by atoms with Crippen molar-refractivity contribution in [2.45, 2.75) is 214 Å². The van der Waals surface area contributed by atoms with Crippen LogP contribution < -0.4 is 0 Å². The van der Waals surface area contributed by atoms with Gasteiger partial charge in [-0.05, 0) is 31.1 Å². The third-order valence-corrected chi connectivity index (χ3v) is 9.08. The Bertz CT molecular complexity index is 706. The molecule has 0 fully saturated rings. The van der Waals surface area contributed by atoms with E-state index in [1.54, 1.807) is 0 Å². The summed E-state index contributed by atoms with van der Waals surface area (Å²) in [6.45, 7) is 11.2. The van der Waals surface area contributed by atoms with Crippen LogP contribution in [0.2, 0.25) is 0 Å². The van der Waals surface area contributed by atoms with Gasteiger partial charge in [0.25, 0.3) is 0 Å². The maximum absolute atomic E-state index is 12.5. The predicted molar refractivity (Wildman–Crippen MR) is 192 cm³/mol. The van der Waals surface area contributed by atoms with Gasteiger partial charge in [-0.15, -0.1) is 0 Å². The lowest BCUT2D eigenvalue weighted by Crippen LogP contribution is -2.30. The van der Waals surface area contributed by atoms with Gasteiger partial charge >= 0.3 is 17.9 Å². The second-order valence-corrected chi connectivity index (χ2v) is 14.3. The van der Waals surface area contributed by atoms with E-state index < -0.39 is 6.10 Å². The molecule has 6 nitrogen and oxygen atoms in total. The van der Waals surface area contributed by atoms with Crippen molar-refractivity contribution in [3.63, 3.8) is 0 Å². The Kier molecular flexibility index (Phi) is 32.2. The van der Waals surface area contributed by atoms with E-state index in [0.29, 0.717) is 19.3 Å². The third-order valence-electron chi connectivity index (χ3n) is 9.08. The van der Waals surface area contributed by atoms with Crippen LogP contribution in [0.15, 0.2) is 0 Å². The fourth-order valence-electron chi connectivity index (χ4n) is 5.66. The zero-order valence-corrected chi connectivity index (χ0v) is 31.2. The molecule has 272 valence electrons. The van der Waals surface area contributed by atoms with Crippen molar-refractivity contribution in [1.82, 2.24) is 0 Å². The molecule has 0 radical (unpaired) electrons. The largest absolute Gasteiger partial charge is 0.462 e. The van der Waals surface area contributed by atoms with Crippen LogP contribution in [0.5, 0.6) is 0 Å². The van der Waals surface area contributed by atoms with Gasteiger partial charge in [0.1, 0.15) is 13.2 Å². The van der Waals surface area contributed by atoms with Gasteiger partial charge in [0.15, 0.2) is 6.10 Å². The molecule has 0 spiro atoms. The lowest BCUT2D eigenvalue weighted by Gasteiger charge is -2.18. The molecular weight excluding hydrogens is 576 g/mol. The molecule has 0 aromatic carbocycles. The molecule has 0 bridgehead atoms. The van der Waals surface area contributed by atoms with Crippen LogP contribution in [0.4, 0.5) is 0 Å². The van der Waals surface area contributed by atoms with Crippen molar-refractivity contribution in [2.24, 2.45) is 11.8 Å². The van der Waals surface area contributed by atoms with Crippen molar-refractivity contribution in [3.05, 3.63) is 0 Å². The summed E-state index contributed by atoms with van der Waals surface area (Å²) in [4.78, 5) is 37.3. The summed E-state index contributed by atoms with van der Waals surface area (Å²) < 4.78 is 16.6. The first-order valence-corrected chi connectivity index (χ1v) is 19.8. The summed E-state index contributed by atoms with van der Waals surface area (Å²) in [7, 11) is 0. The van der Waals surface area contributed by atoms with Gasteiger partial charge in [-0.1, -0.05) is 169 Å². The standard InChI is InChI=1S/C40H76O6/c1-6-8-9-10-13-22-27-32-40(43)46-37(34-45-39(42)31-26-21-17-16-19-24-29-36(5)7-2)33-44-38(41)30-25-20-15-12-11-14-18-23-28-35(3)4/h35-37H,6-34H2,1-5H3/t36?,37-/m1/s1. The molecule has 46 heavy (non-hydrogen) atoms. The molecule has 0 heterocycles. The molecule has 0 aromatic rings. The molecule has 6 heteroatoms. The summed E-state index contributed by atoms with van der Waals surface area (Å²) in [5, 5.41) is 0. The minimum Gasteiger partial charge on any atom is -0.462 e. The fraction of sp³-hybridized carbons (Fsp3) is 0.925. The van der Waals surface area contributed by atoms with Crippen LogP contribution in [0.25, 0.3) is 0 Å². The SMILES string of the molecule is CCCCCCCCCC(=O)O[C@H](COC(=O)CCCCCCCCCCC(C)C)COC(=O)CCCCCCCCC(C)CC. The summed E-state index contributed by atoms with van der Waals surface area (Å²) >= 11 is 0. The Morgan fingerprint density at radius 2 is 0.826 bits per heavy atom. The van der Waals surface area contributed by atoms with Gasteiger partial charge in [0.05, 0.1) is 0 Å². The monoisotopic (exact) mass is 653 g/mol. The molecule has 0 saturated carbocycles. The first kappa shape index (κ1) is 44.4. The van der Waals surface area contributed by atoms with Crippen molar-refractivity contribution in [3.8, 4) is 0 Å². The van der Waals surface area contributed by atoms with Crippen LogP contribution in [0.3, 0.4) is 0 Å². The van der Waals surface area contributed by atoms with Crippen LogP contribution in [-0.4, -0.2) is 37.2 Å². The van der Waals surface area contributed by atoms with E-state index in [1.165, 1.54) is 96.3 Å². The van der Waals surface area contributed by atoms with Crippen LogP contribution in [0.1, 0.15) is 208 Å². The molecule has 0 N–H and O–H groups in total. The zero-order valence-electron chi connectivity index (χ0n) is 31.2. The maximum atomic E-state index is 12.5. The summed E-state index contributed by atoms with van der Waals surface area (Å²) in [6.07, 6.45) is 28.2. The van der Waals surface area contributed by atoms with E-state index in [9.17, 15) is 14.4 Å². The van der Waals surface area contributed by atoms with E-state index in [2.05, 4.69) is 34.6 Å². The predicted octanol–water partition coefficient (Wildman–Crippen LogP) is 11.8. The highest BCUT2D eigenvalue weighted by molar-refractivity contribution is 5.71. The molecular formula is C40H76O6. The van der Waals surface area contributed by atoms with Gasteiger partial charge in [0, 0.05) is 19.3 Å². The van der Waals surface area contributed by atoms with E-state index in [4.69, 9.17) is 14.2 Å². The van der Waals surface area contributed by atoms with Gasteiger partial charge in [-0.3, -0.25) is 14.4 Å². The van der Waals surface area contributed by atoms with Crippen LogP contribution in [-0.2, 0) is 28.6 Å².